The number of benzene rings is 2. The van der Waals surface area contributed by atoms with Gasteiger partial charge in [-0.05, 0) is 36.8 Å². The molecule has 10 nitrogen and oxygen atoms in total. The molecule has 12 heteroatoms. The summed E-state index contributed by atoms with van der Waals surface area (Å²) in [5, 5.41) is 24.4. The number of rotatable bonds is 9. The minimum Gasteiger partial charge on any atom is -0.383 e. The minimum absolute atomic E-state index is 0.216. The number of halogens is 2. The SMILES string of the molecule is COCC(CC#N)N1C[C@@H](NC(=O)Nc2c(C)c(-c3cnn(C)c3)nn2-c2ccccc2)[C@H](c2ccc(F)c(F)c2)C1. The number of ether oxygens (including phenoxy) is 1. The van der Waals surface area contributed by atoms with Gasteiger partial charge in [0.2, 0.25) is 0 Å². The maximum atomic E-state index is 14.2. The molecule has 1 saturated heterocycles. The van der Waals surface area contributed by atoms with Crippen molar-refractivity contribution >= 4 is 11.8 Å². The summed E-state index contributed by atoms with van der Waals surface area (Å²) >= 11 is 0. The fraction of sp³-hybridized carbons (Fsp3) is 0.333. The van der Waals surface area contributed by atoms with E-state index in [4.69, 9.17) is 9.84 Å². The van der Waals surface area contributed by atoms with Crippen LogP contribution in [0.4, 0.5) is 19.4 Å². The second-order valence-electron chi connectivity index (χ2n) is 10.4. The maximum absolute atomic E-state index is 14.2. The summed E-state index contributed by atoms with van der Waals surface area (Å²) < 4.78 is 36.7. The van der Waals surface area contributed by atoms with Crippen LogP contribution in [0.15, 0.2) is 60.9 Å². The monoisotopic (exact) mass is 574 g/mol. The Morgan fingerprint density at radius 2 is 1.98 bits per heavy atom. The Hall–Kier alpha value is -4.60. The quantitative estimate of drug-likeness (QED) is 0.307. The van der Waals surface area contributed by atoms with Crippen molar-refractivity contribution in [3.05, 3.63) is 83.7 Å². The molecule has 218 valence electrons. The molecule has 2 aromatic carbocycles. The highest BCUT2D eigenvalue weighted by molar-refractivity contribution is 5.91. The lowest BCUT2D eigenvalue weighted by Gasteiger charge is -2.25. The number of hydrogen-bond donors (Lipinski definition) is 2. The molecule has 0 radical (unpaired) electrons. The van der Waals surface area contributed by atoms with E-state index < -0.39 is 23.7 Å². The highest BCUT2D eigenvalue weighted by Crippen LogP contribution is 2.32. The molecule has 2 amide bonds. The van der Waals surface area contributed by atoms with Crippen LogP contribution in [-0.4, -0.2) is 69.4 Å². The first-order valence-corrected chi connectivity index (χ1v) is 13.6. The van der Waals surface area contributed by atoms with Gasteiger partial charge in [0.05, 0.1) is 37.0 Å². The molecule has 0 bridgehead atoms. The van der Waals surface area contributed by atoms with Crippen LogP contribution >= 0.6 is 0 Å². The van der Waals surface area contributed by atoms with E-state index in [1.54, 1.807) is 22.7 Å². The zero-order chi connectivity index (χ0) is 29.8. The molecule has 42 heavy (non-hydrogen) atoms. The zero-order valence-corrected chi connectivity index (χ0v) is 23.6. The lowest BCUT2D eigenvalue weighted by atomic mass is 9.94. The van der Waals surface area contributed by atoms with Crippen molar-refractivity contribution in [2.24, 2.45) is 7.05 Å². The average molecular weight is 575 g/mol. The summed E-state index contributed by atoms with van der Waals surface area (Å²) in [4.78, 5) is 15.6. The van der Waals surface area contributed by atoms with Crippen LogP contribution in [0, 0.1) is 29.9 Å². The fourth-order valence-corrected chi connectivity index (χ4v) is 5.48. The molecule has 3 atom stereocenters. The highest BCUT2D eigenvalue weighted by Gasteiger charge is 2.38. The Labute approximate surface area is 242 Å². The number of anilines is 1. The van der Waals surface area contributed by atoms with Crippen molar-refractivity contribution in [2.75, 3.05) is 32.1 Å². The summed E-state index contributed by atoms with van der Waals surface area (Å²) in [6.45, 7) is 3.02. The van der Waals surface area contributed by atoms with Crippen molar-refractivity contribution in [3.8, 4) is 23.0 Å². The minimum atomic E-state index is -0.954. The zero-order valence-electron chi connectivity index (χ0n) is 23.6. The van der Waals surface area contributed by atoms with Gasteiger partial charge in [0.15, 0.2) is 11.6 Å². The number of hydrogen-bond acceptors (Lipinski definition) is 6. The van der Waals surface area contributed by atoms with Gasteiger partial charge < -0.3 is 10.1 Å². The molecule has 3 heterocycles. The predicted octanol–water partition coefficient (Wildman–Crippen LogP) is 4.38. The largest absolute Gasteiger partial charge is 0.383 e. The first kappa shape index (κ1) is 28.9. The van der Waals surface area contributed by atoms with Crippen LogP contribution < -0.4 is 10.6 Å². The molecular formula is C30H32F2N8O2. The molecule has 0 aliphatic carbocycles. The van der Waals surface area contributed by atoms with Gasteiger partial charge in [0.25, 0.3) is 0 Å². The molecule has 1 unspecified atom stereocenters. The first-order valence-electron chi connectivity index (χ1n) is 13.6. The van der Waals surface area contributed by atoms with Crippen LogP contribution in [0.2, 0.25) is 0 Å². The van der Waals surface area contributed by atoms with Crippen LogP contribution in [0.5, 0.6) is 0 Å². The Morgan fingerprint density at radius 3 is 2.64 bits per heavy atom. The number of nitrogens with zero attached hydrogens (tertiary/aromatic N) is 6. The van der Waals surface area contributed by atoms with E-state index in [1.807, 2.05) is 55.4 Å². The number of nitriles is 1. The van der Waals surface area contributed by atoms with E-state index in [0.717, 1.165) is 22.9 Å². The Kier molecular flexibility index (Phi) is 8.61. The number of urea groups is 1. The molecule has 0 spiro atoms. The van der Waals surface area contributed by atoms with E-state index in [1.165, 1.54) is 12.1 Å². The van der Waals surface area contributed by atoms with Crippen LogP contribution in [0.3, 0.4) is 0 Å². The van der Waals surface area contributed by atoms with Gasteiger partial charge in [-0.2, -0.15) is 15.5 Å². The Balaban J connectivity index is 1.44. The molecule has 2 N–H and O–H groups in total. The standard InChI is InChI=1S/C30H32F2N8O2/c1-19-28(21-14-34-38(2)15-21)37-40(22-7-5-4-6-8-22)29(19)36-30(41)35-27-17-39(23(11-12-33)18-42-3)16-24(27)20-9-10-25(31)26(32)13-20/h4-10,13-15,23-24,27H,11,16-18H2,1-3H3,(H2,35,36,41)/t23?,24-,27+/m0/s1. The second kappa shape index (κ2) is 12.5. The number of aromatic nitrogens is 4. The van der Waals surface area contributed by atoms with Crippen molar-refractivity contribution in [1.29, 1.82) is 5.26 Å². The van der Waals surface area contributed by atoms with Crippen LogP contribution in [0.25, 0.3) is 16.9 Å². The number of methoxy groups -OCH3 is 1. The van der Waals surface area contributed by atoms with Crippen molar-refractivity contribution in [2.45, 2.75) is 31.3 Å². The average Bonchev–Trinajstić information content (AvgIpc) is 3.68. The topological polar surface area (TPSA) is 113 Å². The number of amides is 2. The van der Waals surface area contributed by atoms with Crippen LogP contribution in [-0.2, 0) is 11.8 Å². The Morgan fingerprint density at radius 1 is 1.19 bits per heavy atom. The smallest absolute Gasteiger partial charge is 0.320 e. The van der Waals surface area contributed by atoms with Gasteiger partial charge in [-0.3, -0.25) is 14.9 Å². The number of likely N-dealkylation sites (tertiary alicyclic amines) is 1. The van der Waals surface area contributed by atoms with E-state index in [2.05, 4.69) is 21.8 Å². The highest BCUT2D eigenvalue weighted by atomic mass is 19.2. The normalized spacial score (nSPS) is 17.6. The van der Waals surface area contributed by atoms with E-state index >= 15 is 0 Å². The molecular weight excluding hydrogens is 542 g/mol. The third kappa shape index (κ3) is 6.02. The summed E-state index contributed by atoms with van der Waals surface area (Å²) in [6, 6.07) is 14.3. The molecule has 4 aromatic rings. The summed E-state index contributed by atoms with van der Waals surface area (Å²) in [7, 11) is 3.39. The van der Waals surface area contributed by atoms with Crippen LogP contribution in [0.1, 0.15) is 23.5 Å². The summed E-state index contributed by atoms with van der Waals surface area (Å²) in [5.41, 5.74) is 3.55. The number of para-hydroxylation sites is 1. The maximum Gasteiger partial charge on any atom is 0.320 e. The lowest BCUT2D eigenvalue weighted by Crippen LogP contribution is -2.44. The van der Waals surface area contributed by atoms with Gasteiger partial charge in [-0.15, -0.1) is 0 Å². The number of carbonyl (C=O) groups is 1. The van der Waals surface area contributed by atoms with Crippen molar-refractivity contribution in [3.63, 3.8) is 0 Å². The van der Waals surface area contributed by atoms with Gasteiger partial charge in [-0.25, -0.2) is 18.3 Å². The summed E-state index contributed by atoms with van der Waals surface area (Å²) in [6.07, 6.45) is 3.79. The van der Waals surface area contributed by atoms with Gasteiger partial charge >= 0.3 is 6.03 Å². The molecule has 1 aliphatic heterocycles. The third-order valence-corrected chi connectivity index (χ3v) is 7.57. The molecule has 0 saturated carbocycles. The third-order valence-electron chi connectivity index (χ3n) is 7.57. The lowest BCUT2D eigenvalue weighted by molar-refractivity contribution is 0.105. The van der Waals surface area contributed by atoms with E-state index in [0.29, 0.717) is 36.8 Å². The molecule has 5 rings (SSSR count). The number of carbonyl (C=O) groups excluding carboxylic acids is 1. The van der Waals surface area contributed by atoms with Gasteiger partial charge in [-0.1, -0.05) is 24.3 Å². The predicted molar refractivity (Wildman–Crippen MR) is 153 cm³/mol. The molecule has 1 aliphatic rings. The van der Waals surface area contributed by atoms with Crippen molar-refractivity contribution < 1.29 is 18.3 Å². The summed E-state index contributed by atoms with van der Waals surface area (Å²) in [5.74, 6) is -1.76. The number of nitrogens with one attached hydrogen (secondary N) is 2. The van der Waals surface area contributed by atoms with Gasteiger partial charge in [0, 0.05) is 56.5 Å². The Bertz CT molecular complexity index is 1600. The van der Waals surface area contributed by atoms with Crippen molar-refractivity contribution in [1.82, 2.24) is 29.8 Å². The molecule has 1 fully saturated rings. The van der Waals surface area contributed by atoms with E-state index in [9.17, 15) is 18.8 Å². The first-order chi connectivity index (χ1) is 20.3. The van der Waals surface area contributed by atoms with E-state index in [-0.39, 0.29) is 18.4 Å². The molecule has 2 aromatic heterocycles. The second-order valence-corrected chi connectivity index (χ2v) is 10.4. The number of aryl methyl sites for hydroxylation is 1. The van der Waals surface area contributed by atoms with Gasteiger partial charge in [0.1, 0.15) is 11.5 Å². The fourth-order valence-electron chi connectivity index (χ4n) is 5.48.